The van der Waals surface area contributed by atoms with E-state index in [0.29, 0.717) is 5.56 Å². The molecule has 0 heterocycles. The van der Waals surface area contributed by atoms with Crippen molar-refractivity contribution in [3.63, 3.8) is 0 Å². The summed E-state index contributed by atoms with van der Waals surface area (Å²) in [5.74, 6) is 0.878. The third-order valence-corrected chi connectivity index (χ3v) is 3.23. The number of benzene rings is 1. The minimum Gasteiger partial charge on any atom is -0.491 e. The third kappa shape index (κ3) is 2.60. The molecule has 2 rings (SSSR count). The van der Waals surface area contributed by atoms with Crippen molar-refractivity contribution in [1.29, 1.82) is 0 Å². The van der Waals surface area contributed by atoms with Crippen LogP contribution in [0.3, 0.4) is 0 Å². The molecule has 3 heteroatoms. The molecule has 94 valence electrons. The molecule has 1 unspecified atom stereocenters. The van der Waals surface area contributed by atoms with Gasteiger partial charge in [0.2, 0.25) is 0 Å². The molecule has 1 aliphatic carbocycles. The van der Waals surface area contributed by atoms with E-state index in [1.165, 1.54) is 0 Å². The van der Waals surface area contributed by atoms with Gasteiger partial charge in [0.05, 0.1) is 6.10 Å². The van der Waals surface area contributed by atoms with Crippen molar-refractivity contribution in [2.24, 2.45) is 11.7 Å². The van der Waals surface area contributed by atoms with E-state index in [-0.39, 0.29) is 18.6 Å². The molecule has 1 saturated carbocycles. The van der Waals surface area contributed by atoms with Crippen molar-refractivity contribution >= 4 is 0 Å². The number of alkyl halides is 1. The molecular weight excluding hydrogens is 217 g/mol. The zero-order valence-corrected chi connectivity index (χ0v) is 10.4. The van der Waals surface area contributed by atoms with Gasteiger partial charge in [0.1, 0.15) is 5.75 Å². The number of ether oxygens (including phenoxy) is 1. The molecule has 0 spiro atoms. The van der Waals surface area contributed by atoms with Crippen molar-refractivity contribution < 1.29 is 9.13 Å². The average molecular weight is 237 g/mol. The molecule has 0 saturated heterocycles. The second kappa shape index (κ2) is 4.65. The first kappa shape index (κ1) is 12.4. The van der Waals surface area contributed by atoms with Crippen LogP contribution < -0.4 is 10.5 Å². The highest BCUT2D eigenvalue weighted by molar-refractivity contribution is 5.32. The monoisotopic (exact) mass is 237 g/mol. The molecule has 0 aliphatic heterocycles. The standard InChI is InChI=1S/C14H20FNO/c1-10(2)17-13-7-5-12(6-8-13)14(15,9-16)11-3-4-11/h5-8,10-11H,3-4,9,16H2,1-2H3. The largest absolute Gasteiger partial charge is 0.491 e. The molecule has 1 fully saturated rings. The fraction of sp³-hybridized carbons (Fsp3) is 0.571. The second-order valence-electron chi connectivity index (χ2n) is 5.03. The Balaban J connectivity index is 2.16. The number of halogens is 1. The summed E-state index contributed by atoms with van der Waals surface area (Å²) in [7, 11) is 0. The Morgan fingerprint density at radius 3 is 2.35 bits per heavy atom. The van der Waals surface area contributed by atoms with E-state index >= 15 is 0 Å². The maximum Gasteiger partial charge on any atom is 0.150 e. The van der Waals surface area contributed by atoms with Gasteiger partial charge in [-0.25, -0.2) is 4.39 Å². The second-order valence-corrected chi connectivity index (χ2v) is 5.03. The van der Waals surface area contributed by atoms with Crippen molar-refractivity contribution in [3.8, 4) is 5.75 Å². The van der Waals surface area contributed by atoms with E-state index in [0.717, 1.165) is 18.6 Å². The Morgan fingerprint density at radius 1 is 1.35 bits per heavy atom. The summed E-state index contributed by atoms with van der Waals surface area (Å²) in [6.45, 7) is 4.00. The summed E-state index contributed by atoms with van der Waals surface area (Å²) in [5.41, 5.74) is 4.92. The Morgan fingerprint density at radius 2 is 1.94 bits per heavy atom. The van der Waals surface area contributed by atoms with Crippen molar-refractivity contribution in [1.82, 2.24) is 0 Å². The highest BCUT2D eigenvalue weighted by atomic mass is 19.1. The van der Waals surface area contributed by atoms with Crippen LogP contribution in [0.4, 0.5) is 4.39 Å². The number of hydrogen-bond acceptors (Lipinski definition) is 2. The highest BCUT2D eigenvalue weighted by Crippen LogP contribution is 2.48. The van der Waals surface area contributed by atoms with Gasteiger partial charge in [0, 0.05) is 6.54 Å². The summed E-state index contributed by atoms with van der Waals surface area (Å²) < 4.78 is 20.2. The number of nitrogens with two attached hydrogens (primary N) is 1. The van der Waals surface area contributed by atoms with Gasteiger partial charge in [-0.2, -0.15) is 0 Å². The van der Waals surface area contributed by atoms with Crippen molar-refractivity contribution in [3.05, 3.63) is 29.8 Å². The number of rotatable bonds is 5. The van der Waals surface area contributed by atoms with E-state index in [2.05, 4.69) is 0 Å². The van der Waals surface area contributed by atoms with Gasteiger partial charge in [0.15, 0.2) is 5.67 Å². The van der Waals surface area contributed by atoms with Gasteiger partial charge in [-0.15, -0.1) is 0 Å². The first-order valence-corrected chi connectivity index (χ1v) is 6.22. The SMILES string of the molecule is CC(C)Oc1ccc(C(F)(CN)C2CC2)cc1. The van der Waals surface area contributed by atoms with Crippen molar-refractivity contribution in [2.45, 2.75) is 38.5 Å². The smallest absolute Gasteiger partial charge is 0.150 e. The lowest BCUT2D eigenvalue weighted by Gasteiger charge is -2.24. The summed E-state index contributed by atoms with van der Waals surface area (Å²) in [5, 5.41) is 0. The normalized spacial score (nSPS) is 19.1. The quantitative estimate of drug-likeness (QED) is 0.854. The lowest BCUT2D eigenvalue weighted by Crippen LogP contribution is -2.32. The minimum atomic E-state index is -1.35. The van der Waals surface area contributed by atoms with Crippen LogP contribution in [0.15, 0.2) is 24.3 Å². The molecular formula is C14H20FNO. The zero-order chi connectivity index (χ0) is 12.5. The van der Waals surface area contributed by atoms with Gasteiger partial charge in [-0.3, -0.25) is 0 Å². The molecule has 1 aromatic carbocycles. The first-order valence-electron chi connectivity index (χ1n) is 6.22. The molecule has 1 aromatic rings. The van der Waals surface area contributed by atoms with Gasteiger partial charge in [0.25, 0.3) is 0 Å². The van der Waals surface area contributed by atoms with Crippen molar-refractivity contribution in [2.75, 3.05) is 6.54 Å². The first-order chi connectivity index (χ1) is 8.06. The van der Waals surface area contributed by atoms with E-state index in [1.54, 1.807) is 12.1 Å². The van der Waals surface area contributed by atoms with Crippen LogP contribution in [0.5, 0.6) is 5.75 Å². The fourth-order valence-corrected chi connectivity index (χ4v) is 2.14. The molecule has 2 nitrogen and oxygen atoms in total. The molecule has 0 aromatic heterocycles. The maximum absolute atomic E-state index is 14.7. The Labute approximate surface area is 102 Å². The average Bonchev–Trinajstić information content (AvgIpc) is 3.12. The third-order valence-electron chi connectivity index (χ3n) is 3.23. The highest BCUT2D eigenvalue weighted by Gasteiger charge is 2.46. The van der Waals surface area contributed by atoms with Crippen LogP contribution in [0.2, 0.25) is 0 Å². The summed E-state index contributed by atoms with van der Waals surface area (Å²) in [6.07, 6.45) is 2.02. The predicted molar refractivity (Wildman–Crippen MR) is 66.8 cm³/mol. The van der Waals surface area contributed by atoms with Crippen LogP contribution in [0.25, 0.3) is 0 Å². The molecule has 1 aliphatic rings. The molecule has 0 amide bonds. The van der Waals surface area contributed by atoms with E-state index < -0.39 is 5.67 Å². The fourth-order valence-electron chi connectivity index (χ4n) is 2.14. The Hall–Kier alpha value is -1.09. The van der Waals surface area contributed by atoms with Gasteiger partial charge < -0.3 is 10.5 Å². The van der Waals surface area contributed by atoms with Crippen LogP contribution in [-0.4, -0.2) is 12.6 Å². The summed E-state index contributed by atoms with van der Waals surface area (Å²) in [4.78, 5) is 0. The lowest BCUT2D eigenvalue weighted by atomic mass is 9.91. The van der Waals surface area contributed by atoms with Crippen LogP contribution in [0.1, 0.15) is 32.3 Å². The molecule has 17 heavy (non-hydrogen) atoms. The number of hydrogen-bond donors (Lipinski definition) is 1. The van der Waals surface area contributed by atoms with Crippen LogP contribution in [0, 0.1) is 5.92 Å². The molecule has 0 bridgehead atoms. The Kier molecular flexibility index (Phi) is 3.38. The molecule has 2 N–H and O–H groups in total. The van der Waals surface area contributed by atoms with E-state index in [4.69, 9.17) is 10.5 Å². The van der Waals surface area contributed by atoms with Gasteiger partial charge >= 0.3 is 0 Å². The van der Waals surface area contributed by atoms with Gasteiger partial charge in [-0.1, -0.05) is 12.1 Å². The van der Waals surface area contributed by atoms with E-state index in [1.807, 2.05) is 26.0 Å². The van der Waals surface area contributed by atoms with E-state index in [9.17, 15) is 4.39 Å². The molecule has 1 atom stereocenters. The summed E-state index contributed by atoms with van der Waals surface area (Å²) in [6, 6.07) is 7.23. The zero-order valence-electron chi connectivity index (χ0n) is 10.4. The lowest BCUT2D eigenvalue weighted by molar-refractivity contribution is 0.143. The topological polar surface area (TPSA) is 35.2 Å². The minimum absolute atomic E-state index is 0.0576. The van der Waals surface area contributed by atoms with Gasteiger partial charge in [-0.05, 0) is 50.3 Å². The Bertz CT molecular complexity index is 372. The predicted octanol–water partition coefficient (Wildman–Crippen LogP) is 3.01. The van der Waals surface area contributed by atoms with Crippen LogP contribution >= 0.6 is 0 Å². The summed E-state index contributed by atoms with van der Waals surface area (Å²) >= 11 is 0. The molecule has 0 radical (unpaired) electrons. The maximum atomic E-state index is 14.7. The van der Waals surface area contributed by atoms with Crippen LogP contribution in [-0.2, 0) is 5.67 Å².